The molecule has 21 heavy (non-hydrogen) atoms. The molecule has 0 saturated carbocycles. The second-order valence-corrected chi connectivity index (χ2v) is 6.23. The molecule has 0 bridgehead atoms. The van der Waals surface area contributed by atoms with Crippen LogP contribution in [0.5, 0.6) is 0 Å². The van der Waals surface area contributed by atoms with Gasteiger partial charge in [0.05, 0.1) is 0 Å². The van der Waals surface area contributed by atoms with E-state index in [0.717, 1.165) is 32.5 Å². The molecule has 1 aliphatic rings. The standard InChI is InChI=1S/C15H22N4OS/c1-18(2)10-11-5-7-19(8-6-11)15(20)13-4-3-12(9-17-13)14(16)21/h3-4,9,11H,5-8,10H2,1-2H3,(H2,16,21). The Bertz CT molecular complexity index is 507. The van der Waals surface area contributed by atoms with E-state index < -0.39 is 0 Å². The van der Waals surface area contributed by atoms with Gasteiger partial charge < -0.3 is 15.5 Å². The second kappa shape index (κ2) is 6.95. The predicted molar refractivity (Wildman–Crippen MR) is 87.3 cm³/mol. The van der Waals surface area contributed by atoms with E-state index in [-0.39, 0.29) is 5.91 Å². The number of amides is 1. The Hall–Kier alpha value is -1.53. The highest BCUT2D eigenvalue weighted by Gasteiger charge is 2.24. The maximum Gasteiger partial charge on any atom is 0.272 e. The molecule has 0 atom stereocenters. The zero-order valence-corrected chi connectivity index (χ0v) is 13.4. The summed E-state index contributed by atoms with van der Waals surface area (Å²) < 4.78 is 0. The largest absolute Gasteiger partial charge is 0.389 e. The quantitative estimate of drug-likeness (QED) is 0.845. The van der Waals surface area contributed by atoms with E-state index in [1.807, 2.05) is 4.90 Å². The molecule has 1 aliphatic heterocycles. The molecule has 2 heterocycles. The van der Waals surface area contributed by atoms with Crippen molar-refractivity contribution in [2.45, 2.75) is 12.8 Å². The van der Waals surface area contributed by atoms with Crippen LogP contribution in [0, 0.1) is 5.92 Å². The van der Waals surface area contributed by atoms with Crippen molar-refractivity contribution in [3.05, 3.63) is 29.6 Å². The van der Waals surface area contributed by atoms with Crippen molar-refractivity contribution in [1.82, 2.24) is 14.8 Å². The highest BCUT2D eigenvalue weighted by Crippen LogP contribution is 2.19. The number of hydrogen-bond donors (Lipinski definition) is 1. The third kappa shape index (κ3) is 4.22. The Morgan fingerprint density at radius 3 is 2.57 bits per heavy atom. The van der Waals surface area contributed by atoms with Crippen LogP contribution in [0.15, 0.2) is 18.3 Å². The fourth-order valence-electron chi connectivity index (χ4n) is 2.66. The summed E-state index contributed by atoms with van der Waals surface area (Å²) in [6.07, 6.45) is 3.66. The lowest BCUT2D eigenvalue weighted by molar-refractivity contribution is 0.0672. The molecule has 1 fully saturated rings. The van der Waals surface area contributed by atoms with Gasteiger partial charge in [-0.1, -0.05) is 12.2 Å². The molecule has 1 amide bonds. The molecule has 114 valence electrons. The van der Waals surface area contributed by atoms with Crippen molar-refractivity contribution in [3.63, 3.8) is 0 Å². The lowest BCUT2D eigenvalue weighted by Crippen LogP contribution is -2.40. The number of likely N-dealkylation sites (tertiary alicyclic amines) is 1. The first-order valence-corrected chi connectivity index (χ1v) is 7.58. The average molecular weight is 306 g/mol. The zero-order valence-electron chi connectivity index (χ0n) is 12.6. The van der Waals surface area contributed by atoms with Crippen LogP contribution in [-0.4, -0.2) is 59.4 Å². The number of piperidine rings is 1. The van der Waals surface area contributed by atoms with Crippen molar-refractivity contribution in [3.8, 4) is 0 Å². The molecule has 1 saturated heterocycles. The van der Waals surface area contributed by atoms with E-state index in [9.17, 15) is 4.79 Å². The maximum absolute atomic E-state index is 12.4. The molecule has 0 spiro atoms. The van der Waals surface area contributed by atoms with Crippen molar-refractivity contribution in [2.75, 3.05) is 33.7 Å². The number of aromatic nitrogens is 1. The molecule has 0 unspecified atom stereocenters. The number of hydrogen-bond acceptors (Lipinski definition) is 4. The van der Waals surface area contributed by atoms with Gasteiger partial charge in [0.15, 0.2) is 0 Å². The Labute approximate surface area is 131 Å². The maximum atomic E-state index is 12.4. The number of nitrogens with two attached hydrogens (primary N) is 1. The molecular weight excluding hydrogens is 284 g/mol. The van der Waals surface area contributed by atoms with E-state index in [1.54, 1.807) is 18.3 Å². The molecule has 2 rings (SSSR count). The minimum atomic E-state index is -0.00667. The lowest BCUT2D eigenvalue weighted by atomic mass is 9.96. The van der Waals surface area contributed by atoms with Crippen LogP contribution in [0.25, 0.3) is 0 Å². The average Bonchev–Trinajstić information content (AvgIpc) is 2.47. The number of rotatable bonds is 4. The topological polar surface area (TPSA) is 62.5 Å². The summed E-state index contributed by atoms with van der Waals surface area (Å²) in [5.74, 6) is 0.668. The van der Waals surface area contributed by atoms with E-state index in [0.29, 0.717) is 22.2 Å². The number of nitrogens with zero attached hydrogens (tertiary/aromatic N) is 3. The van der Waals surface area contributed by atoms with Gasteiger partial charge in [-0.2, -0.15) is 0 Å². The Morgan fingerprint density at radius 1 is 1.43 bits per heavy atom. The van der Waals surface area contributed by atoms with Gasteiger partial charge in [0.25, 0.3) is 5.91 Å². The summed E-state index contributed by atoms with van der Waals surface area (Å²) >= 11 is 4.88. The molecule has 0 aliphatic carbocycles. The molecular formula is C15H22N4OS. The number of carbonyl (C=O) groups excluding carboxylic acids is 1. The number of pyridine rings is 1. The molecule has 0 aromatic carbocycles. The summed E-state index contributed by atoms with van der Waals surface area (Å²) in [6.45, 7) is 2.69. The van der Waals surface area contributed by atoms with Crippen LogP contribution in [0.4, 0.5) is 0 Å². The van der Waals surface area contributed by atoms with Gasteiger partial charge in [-0.15, -0.1) is 0 Å². The van der Waals surface area contributed by atoms with Gasteiger partial charge in [-0.05, 0) is 45.0 Å². The summed E-state index contributed by atoms with van der Waals surface area (Å²) in [5.41, 5.74) is 6.68. The van der Waals surface area contributed by atoms with Crippen molar-refractivity contribution in [2.24, 2.45) is 11.7 Å². The molecule has 2 N–H and O–H groups in total. The lowest BCUT2D eigenvalue weighted by Gasteiger charge is -2.33. The molecule has 0 radical (unpaired) electrons. The van der Waals surface area contributed by atoms with E-state index in [1.165, 1.54) is 0 Å². The summed E-state index contributed by atoms with van der Waals surface area (Å²) in [5, 5.41) is 0. The summed E-state index contributed by atoms with van der Waals surface area (Å²) in [6, 6.07) is 3.45. The fraction of sp³-hybridized carbons (Fsp3) is 0.533. The van der Waals surface area contributed by atoms with Gasteiger partial charge in [0.2, 0.25) is 0 Å². The highest BCUT2D eigenvalue weighted by atomic mass is 32.1. The second-order valence-electron chi connectivity index (χ2n) is 5.79. The van der Waals surface area contributed by atoms with Crippen LogP contribution in [0.2, 0.25) is 0 Å². The van der Waals surface area contributed by atoms with Gasteiger partial charge in [-0.3, -0.25) is 9.78 Å². The Morgan fingerprint density at radius 2 is 2.10 bits per heavy atom. The number of thiocarbonyl (C=S) groups is 1. The first-order valence-electron chi connectivity index (χ1n) is 7.17. The van der Waals surface area contributed by atoms with E-state index in [4.69, 9.17) is 18.0 Å². The predicted octanol–water partition coefficient (Wildman–Crippen LogP) is 1.13. The summed E-state index contributed by atoms with van der Waals surface area (Å²) in [4.78, 5) is 21.0. The fourth-order valence-corrected chi connectivity index (χ4v) is 2.78. The molecule has 6 heteroatoms. The van der Waals surface area contributed by atoms with Crippen molar-refractivity contribution >= 4 is 23.1 Å². The van der Waals surface area contributed by atoms with Gasteiger partial charge >= 0.3 is 0 Å². The van der Waals surface area contributed by atoms with Crippen LogP contribution >= 0.6 is 12.2 Å². The Balaban J connectivity index is 1.94. The minimum Gasteiger partial charge on any atom is -0.389 e. The van der Waals surface area contributed by atoms with Crippen LogP contribution < -0.4 is 5.73 Å². The van der Waals surface area contributed by atoms with Gasteiger partial charge in [0, 0.05) is 31.4 Å². The van der Waals surface area contributed by atoms with Gasteiger partial charge in [0.1, 0.15) is 10.7 Å². The van der Waals surface area contributed by atoms with Crippen LogP contribution in [0.3, 0.4) is 0 Å². The molecule has 5 nitrogen and oxygen atoms in total. The summed E-state index contributed by atoms with van der Waals surface area (Å²) in [7, 11) is 4.18. The zero-order chi connectivity index (χ0) is 15.4. The molecule has 1 aromatic heterocycles. The van der Waals surface area contributed by atoms with Crippen molar-refractivity contribution < 1.29 is 4.79 Å². The first-order chi connectivity index (χ1) is 9.97. The van der Waals surface area contributed by atoms with Crippen molar-refractivity contribution in [1.29, 1.82) is 0 Å². The third-order valence-electron chi connectivity index (χ3n) is 3.79. The SMILES string of the molecule is CN(C)CC1CCN(C(=O)c2ccc(C(N)=S)cn2)CC1. The monoisotopic (exact) mass is 306 g/mol. The Kier molecular flexibility index (Phi) is 5.25. The van der Waals surface area contributed by atoms with Crippen LogP contribution in [-0.2, 0) is 0 Å². The van der Waals surface area contributed by atoms with Gasteiger partial charge in [-0.25, -0.2) is 0 Å². The van der Waals surface area contributed by atoms with E-state index in [2.05, 4.69) is 24.0 Å². The minimum absolute atomic E-state index is 0.00667. The first kappa shape index (κ1) is 15.9. The number of carbonyl (C=O) groups is 1. The van der Waals surface area contributed by atoms with E-state index >= 15 is 0 Å². The molecule has 1 aromatic rings. The normalized spacial score (nSPS) is 16.2. The van der Waals surface area contributed by atoms with Crippen LogP contribution in [0.1, 0.15) is 28.9 Å². The highest BCUT2D eigenvalue weighted by molar-refractivity contribution is 7.80. The third-order valence-corrected chi connectivity index (χ3v) is 4.03. The smallest absolute Gasteiger partial charge is 0.272 e.